The van der Waals surface area contributed by atoms with Crippen LogP contribution < -0.4 is 0 Å². The third kappa shape index (κ3) is 4.77. The van der Waals surface area contributed by atoms with Gasteiger partial charge in [0.05, 0.1) is 11.7 Å². The first-order valence-corrected chi connectivity index (χ1v) is 8.35. The summed E-state index contributed by atoms with van der Waals surface area (Å²) in [5, 5.41) is 9.05. The molecule has 0 spiro atoms. The lowest BCUT2D eigenvalue weighted by Crippen LogP contribution is -2.43. The highest BCUT2D eigenvalue weighted by Crippen LogP contribution is 2.19. The van der Waals surface area contributed by atoms with Gasteiger partial charge in [-0.05, 0) is 25.3 Å². The molecule has 0 radical (unpaired) electrons. The Labute approximate surface area is 129 Å². The molecule has 1 fully saturated rings. The van der Waals surface area contributed by atoms with Crippen LogP contribution in [0, 0.1) is 12.8 Å². The molecular weight excluding hydrogens is 286 g/mol. The lowest BCUT2D eigenvalue weighted by Gasteiger charge is -2.30. The largest absolute Gasteiger partial charge is 0.481 e. The summed E-state index contributed by atoms with van der Waals surface area (Å²) in [6, 6.07) is 8.26. The molecule has 1 aliphatic rings. The molecule has 114 valence electrons. The van der Waals surface area contributed by atoms with Crippen molar-refractivity contribution in [3.8, 4) is 0 Å². The first-order chi connectivity index (χ1) is 10.1. The zero-order chi connectivity index (χ0) is 15.2. The lowest BCUT2D eigenvalue weighted by molar-refractivity contribution is -0.145. The van der Waals surface area contributed by atoms with Gasteiger partial charge in [0.2, 0.25) is 5.91 Å². The molecular formula is C16H21NO3S. The Morgan fingerprint density at radius 3 is 2.95 bits per heavy atom. The SMILES string of the molecule is Cc1cccc(CSCC(=O)N2CCC[C@@H](C(=O)O)C2)c1. The fraction of sp³-hybridized carbons (Fsp3) is 0.500. The molecule has 0 unspecified atom stereocenters. The second kappa shape index (κ2) is 7.50. The summed E-state index contributed by atoms with van der Waals surface area (Å²) in [4.78, 5) is 24.8. The monoisotopic (exact) mass is 307 g/mol. The first kappa shape index (κ1) is 15.9. The third-order valence-electron chi connectivity index (χ3n) is 3.70. The van der Waals surface area contributed by atoms with E-state index in [1.807, 2.05) is 6.07 Å². The van der Waals surface area contributed by atoms with E-state index in [0.29, 0.717) is 25.3 Å². The average Bonchev–Trinajstić information content (AvgIpc) is 2.47. The van der Waals surface area contributed by atoms with E-state index in [2.05, 4.69) is 25.1 Å². The van der Waals surface area contributed by atoms with Crippen LogP contribution in [0.4, 0.5) is 0 Å². The Bertz CT molecular complexity index is 518. The molecule has 1 saturated heterocycles. The van der Waals surface area contributed by atoms with E-state index in [-0.39, 0.29) is 5.91 Å². The summed E-state index contributed by atoms with van der Waals surface area (Å²) in [6.45, 7) is 3.10. The Morgan fingerprint density at radius 2 is 2.24 bits per heavy atom. The Kier molecular flexibility index (Phi) is 5.67. The molecule has 2 rings (SSSR count). The quantitative estimate of drug-likeness (QED) is 0.908. The van der Waals surface area contributed by atoms with Crippen LogP contribution in [0.3, 0.4) is 0 Å². The zero-order valence-electron chi connectivity index (χ0n) is 12.2. The second-order valence-corrected chi connectivity index (χ2v) is 6.48. The molecule has 1 heterocycles. The van der Waals surface area contributed by atoms with Gasteiger partial charge in [-0.1, -0.05) is 29.8 Å². The van der Waals surface area contributed by atoms with Gasteiger partial charge >= 0.3 is 5.97 Å². The summed E-state index contributed by atoms with van der Waals surface area (Å²) < 4.78 is 0. The van der Waals surface area contributed by atoms with Gasteiger partial charge in [-0.3, -0.25) is 9.59 Å². The topological polar surface area (TPSA) is 57.6 Å². The van der Waals surface area contributed by atoms with Crippen LogP contribution in [0.15, 0.2) is 24.3 Å². The van der Waals surface area contributed by atoms with Gasteiger partial charge in [0.15, 0.2) is 0 Å². The van der Waals surface area contributed by atoms with Crippen molar-refractivity contribution in [1.29, 1.82) is 0 Å². The number of aryl methyl sites for hydroxylation is 1. The van der Waals surface area contributed by atoms with Crippen molar-refractivity contribution in [1.82, 2.24) is 4.90 Å². The molecule has 1 aromatic carbocycles. The van der Waals surface area contributed by atoms with E-state index in [1.165, 1.54) is 11.1 Å². The highest BCUT2D eigenvalue weighted by molar-refractivity contribution is 7.99. The molecule has 1 aromatic rings. The van der Waals surface area contributed by atoms with Crippen LogP contribution in [0.25, 0.3) is 0 Å². The molecule has 0 bridgehead atoms. The maximum Gasteiger partial charge on any atom is 0.308 e. The summed E-state index contributed by atoms with van der Waals surface area (Å²) in [7, 11) is 0. The van der Waals surface area contributed by atoms with Crippen molar-refractivity contribution < 1.29 is 14.7 Å². The predicted octanol–water partition coefficient (Wildman–Crippen LogP) is 2.55. The van der Waals surface area contributed by atoms with Crippen molar-refractivity contribution in [2.24, 2.45) is 5.92 Å². The van der Waals surface area contributed by atoms with Gasteiger partial charge < -0.3 is 10.0 Å². The number of likely N-dealkylation sites (tertiary alicyclic amines) is 1. The van der Waals surface area contributed by atoms with Crippen LogP contribution >= 0.6 is 11.8 Å². The molecule has 4 nitrogen and oxygen atoms in total. The number of piperidine rings is 1. The van der Waals surface area contributed by atoms with Crippen LogP contribution in [0.2, 0.25) is 0 Å². The standard InChI is InChI=1S/C16H21NO3S/c1-12-4-2-5-13(8-12)10-21-11-15(18)17-7-3-6-14(9-17)16(19)20/h2,4-5,8,14H,3,6-7,9-11H2,1H3,(H,19,20)/t14-/m1/s1. The van der Waals surface area contributed by atoms with Gasteiger partial charge in [0, 0.05) is 18.8 Å². The first-order valence-electron chi connectivity index (χ1n) is 7.20. The minimum absolute atomic E-state index is 0.0543. The number of hydrogen-bond donors (Lipinski definition) is 1. The number of carbonyl (C=O) groups is 2. The molecule has 1 N–H and O–H groups in total. The Hall–Kier alpha value is -1.49. The molecule has 5 heteroatoms. The van der Waals surface area contributed by atoms with E-state index in [4.69, 9.17) is 5.11 Å². The smallest absolute Gasteiger partial charge is 0.308 e. The van der Waals surface area contributed by atoms with E-state index >= 15 is 0 Å². The van der Waals surface area contributed by atoms with E-state index in [9.17, 15) is 9.59 Å². The predicted molar refractivity (Wildman–Crippen MR) is 84.3 cm³/mol. The van der Waals surface area contributed by atoms with Gasteiger partial charge in [0.25, 0.3) is 0 Å². The van der Waals surface area contributed by atoms with Gasteiger partial charge in [-0.15, -0.1) is 11.8 Å². The normalized spacial score (nSPS) is 18.5. The number of thioether (sulfide) groups is 1. The molecule has 0 saturated carbocycles. The van der Waals surface area contributed by atoms with Gasteiger partial charge in [0.1, 0.15) is 0 Å². The molecule has 1 aliphatic heterocycles. The van der Waals surface area contributed by atoms with Gasteiger partial charge in [-0.25, -0.2) is 0 Å². The van der Waals surface area contributed by atoms with Gasteiger partial charge in [-0.2, -0.15) is 0 Å². The highest BCUT2D eigenvalue weighted by atomic mass is 32.2. The maximum atomic E-state index is 12.1. The van der Waals surface area contributed by atoms with Crippen molar-refractivity contribution in [2.45, 2.75) is 25.5 Å². The van der Waals surface area contributed by atoms with Crippen molar-refractivity contribution in [3.63, 3.8) is 0 Å². The van der Waals surface area contributed by atoms with E-state index in [0.717, 1.165) is 12.2 Å². The highest BCUT2D eigenvalue weighted by Gasteiger charge is 2.27. The molecule has 0 aliphatic carbocycles. The number of hydrogen-bond acceptors (Lipinski definition) is 3. The Morgan fingerprint density at radius 1 is 1.43 bits per heavy atom. The van der Waals surface area contributed by atoms with Crippen LogP contribution in [0.1, 0.15) is 24.0 Å². The second-order valence-electron chi connectivity index (χ2n) is 5.50. The minimum atomic E-state index is -0.792. The summed E-state index contributed by atoms with van der Waals surface area (Å²) in [5.41, 5.74) is 2.44. The fourth-order valence-corrected chi connectivity index (χ4v) is 3.43. The molecule has 1 atom stereocenters. The third-order valence-corrected chi connectivity index (χ3v) is 4.69. The number of nitrogens with zero attached hydrogens (tertiary/aromatic N) is 1. The summed E-state index contributed by atoms with van der Waals surface area (Å²) in [6.07, 6.45) is 1.46. The number of carbonyl (C=O) groups excluding carboxylic acids is 1. The van der Waals surface area contributed by atoms with Crippen molar-refractivity contribution >= 4 is 23.6 Å². The fourth-order valence-electron chi connectivity index (χ4n) is 2.55. The van der Waals surface area contributed by atoms with E-state index in [1.54, 1.807) is 16.7 Å². The number of carboxylic acids is 1. The lowest BCUT2D eigenvalue weighted by atomic mass is 9.98. The number of amides is 1. The number of rotatable bonds is 5. The maximum absolute atomic E-state index is 12.1. The molecule has 21 heavy (non-hydrogen) atoms. The van der Waals surface area contributed by atoms with E-state index < -0.39 is 11.9 Å². The van der Waals surface area contributed by atoms with Crippen LogP contribution in [-0.2, 0) is 15.3 Å². The van der Waals surface area contributed by atoms with Crippen LogP contribution in [0.5, 0.6) is 0 Å². The molecule has 0 aromatic heterocycles. The average molecular weight is 307 g/mol. The number of carboxylic acid groups (broad SMARTS) is 1. The Balaban J connectivity index is 1.78. The minimum Gasteiger partial charge on any atom is -0.481 e. The van der Waals surface area contributed by atoms with Crippen molar-refractivity contribution in [3.05, 3.63) is 35.4 Å². The summed E-state index contributed by atoms with van der Waals surface area (Å²) >= 11 is 1.59. The zero-order valence-corrected chi connectivity index (χ0v) is 13.1. The van der Waals surface area contributed by atoms with Crippen molar-refractivity contribution in [2.75, 3.05) is 18.8 Å². The number of benzene rings is 1. The van der Waals surface area contributed by atoms with Crippen LogP contribution in [-0.4, -0.2) is 40.7 Å². The molecule has 1 amide bonds. The number of aliphatic carboxylic acids is 1. The summed E-state index contributed by atoms with van der Waals surface area (Å²) in [5.74, 6) is 0.0900.